The number of aromatic nitrogens is 2. The number of imidazole rings is 1. The third-order valence-electron chi connectivity index (χ3n) is 5.36. The van der Waals surface area contributed by atoms with Crippen LogP contribution in [0.4, 0.5) is 8.78 Å². The van der Waals surface area contributed by atoms with E-state index in [0.29, 0.717) is 11.3 Å². The number of benzene rings is 2. The van der Waals surface area contributed by atoms with E-state index in [9.17, 15) is 18.7 Å². The third kappa shape index (κ3) is 4.56. The second kappa shape index (κ2) is 9.38. The molecule has 2 aromatic carbocycles. The number of nitrogens with zero attached hydrogens (tertiary/aromatic N) is 2. The van der Waals surface area contributed by atoms with Crippen LogP contribution >= 0.6 is 0 Å². The Bertz CT molecular complexity index is 1270. The van der Waals surface area contributed by atoms with Crippen LogP contribution in [0.5, 0.6) is 5.75 Å². The molecule has 0 aliphatic heterocycles. The number of fused-ring (bicyclic) bond motifs is 1. The number of hydrogen-bond donors (Lipinski definition) is 2. The molecule has 2 heterocycles. The number of ether oxygens (including phenoxy) is 1. The van der Waals surface area contributed by atoms with Crippen molar-refractivity contribution in [1.82, 2.24) is 14.7 Å². The van der Waals surface area contributed by atoms with Crippen LogP contribution in [0.2, 0.25) is 0 Å². The van der Waals surface area contributed by atoms with Crippen molar-refractivity contribution in [2.75, 3.05) is 0 Å². The maximum Gasteiger partial charge on any atom is 0.270 e. The van der Waals surface area contributed by atoms with Crippen LogP contribution in [0.25, 0.3) is 5.65 Å². The van der Waals surface area contributed by atoms with Gasteiger partial charge in [-0.1, -0.05) is 36.4 Å². The van der Waals surface area contributed by atoms with Crippen molar-refractivity contribution in [2.24, 2.45) is 0 Å². The predicted molar refractivity (Wildman–Crippen MR) is 119 cm³/mol. The number of nitrogens with one attached hydrogen (secondary N) is 1. The molecule has 0 saturated carbocycles. The van der Waals surface area contributed by atoms with Crippen molar-refractivity contribution >= 4 is 11.6 Å². The number of aliphatic hydroxyl groups excluding tert-OH is 1. The van der Waals surface area contributed by atoms with Gasteiger partial charge < -0.3 is 15.2 Å². The zero-order valence-corrected chi connectivity index (χ0v) is 18.1. The van der Waals surface area contributed by atoms with E-state index < -0.39 is 29.7 Å². The number of carbonyl (C=O) groups is 1. The summed E-state index contributed by atoms with van der Waals surface area (Å²) in [5, 5.41) is 13.1. The Kier molecular flexibility index (Phi) is 6.37. The fourth-order valence-corrected chi connectivity index (χ4v) is 3.71. The van der Waals surface area contributed by atoms with Crippen molar-refractivity contribution in [3.63, 3.8) is 0 Å². The Morgan fingerprint density at radius 3 is 2.45 bits per heavy atom. The van der Waals surface area contributed by atoms with Crippen LogP contribution in [0.1, 0.15) is 40.3 Å². The first-order valence-corrected chi connectivity index (χ1v) is 10.4. The van der Waals surface area contributed by atoms with Crippen LogP contribution in [-0.4, -0.2) is 26.5 Å². The van der Waals surface area contributed by atoms with Gasteiger partial charge in [0.05, 0.1) is 23.4 Å². The number of halogens is 2. The summed E-state index contributed by atoms with van der Waals surface area (Å²) < 4.78 is 35.1. The van der Waals surface area contributed by atoms with Crippen LogP contribution in [0.3, 0.4) is 0 Å². The van der Waals surface area contributed by atoms with Crippen molar-refractivity contribution in [3.8, 4) is 5.75 Å². The zero-order valence-electron chi connectivity index (χ0n) is 18.1. The highest BCUT2D eigenvalue weighted by atomic mass is 19.1. The summed E-state index contributed by atoms with van der Waals surface area (Å²) in [5.74, 6) is -1.55. The van der Waals surface area contributed by atoms with Gasteiger partial charge >= 0.3 is 0 Å². The molecule has 1 amide bonds. The van der Waals surface area contributed by atoms with E-state index in [2.05, 4.69) is 10.3 Å². The Hall–Kier alpha value is -3.78. The maximum absolute atomic E-state index is 14.0. The number of pyridine rings is 1. The lowest BCUT2D eigenvalue weighted by Crippen LogP contribution is -2.35. The second-order valence-corrected chi connectivity index (χ2v) is 7.70. The number of aliphatic hydroxyl groups is 1. The summed E-state index contributed by atoms with van der Waals surface area (Å²) in [7, 11) is 0. The largest absolute Gasteiger partial charge is 0.485 e. The molecule has 2 atom stereocenters. The molecule has 0 spiro atoms. The van der Waals surface area contributed by atoms with E-state index in [1.165, 1.54) is 6.07 Å². The number of amides is 1. The van der Waals surface area contributed by atoms with Crippen LogP contribution < -0.4 is 10.1 Å². The molecule has 2 N–H and O–H groups in total. The second-order valence-electron chi connectivity index (χ2n) is 7.70. The average molecular weight is 451 g/mol. The molecular formula is C25H23F2N3O3. The first kappa shape index (κ1) is 22.4. The molecule has 6 nitrogen and oxygen atoms in total. The molecule has 0 bridgehead atoms. The molecule has 0 aliphatic carbocycles. The van der Waals surface area contributed by atoms with E-state index in [1.54, 1.807) is 36.6 Å². The van der Waals surface area contributed by atoms with Crippen molar-refractivity contribution in [1.29, 1.82) is 0 Å². The normalized spacial score (nSPS) is 13.0. The van der Waals surface area contributed by atoms with Gasteiger partial charge in [0.1, 0.15) is 23.9 Å². The van der Waals surface area contributed by atoms with E-state index in [0.717, 1.165) is 17.7 Å². The lowest BCUT2D eigenvalue weighted by Gasteiger charge is -2.22. The molecule has 0 radical (unpaired) electrons. The zero-order chi connectivity index (χ0) is 23.5. The van der Waals surface area contributed by atoms with Crippen LogP contribution in [-0.2, 0) is 6.61 Å². The first-order valence-electron chi connectivity index (χ1n) is 10.4. The molecule has 0 saturated heterocycles. The molecule has 4 rings (SSSR count). The Morgan fingerprint density at radius 1 is 1.09 bits per heavy atom. The summed E-state index contributed by atoms with van der Waals surface area (Å²) in [5.41, 5.74) is 1.63. The molecule has 0 unspecified atom stereocenters. The highest BCUT2D eigenvalue weighted by molar-refractivity contribution is 5.95. The highest BCUT2D eigenvalue weighted by Crippen LogP contribution is 2.25. The van der Waals surface area contributed by atoms with E-state index in [4.69, 9.17) is 4.74 Å². The molecule has 4 aromatic rings. The average Bonchev–Trinajstić information content (AvgIpc) is 3.14. The minimum atomic E-state index is -0.828. The Labute approximate surface area is 189 Å². The predicted octanol–water partition coefficient (Wildman–Crippen LogP) is 4.35. The van der Waals surface area contributed by atoms with Gasteiger partial charge in [-0.05, 0) is 43.7 Å². The lowest BCUT2D eigenvalue weighted by atomic mass is 10.0. The first-order chi connectivity index (χ1) is 15.9. The number of aryl methyl sites for hydroxylation is 1. The van der Waals surface area contributed by atoms with E-state index in [-0.39, 0.29) is 23.6 Å². The van der Waals surface area contributed by atoms with Crippen LogP contribution in [0, 0.1) is 18.6 Å². The minimum Gasteiger partial charge on any atom is -0.485 e. The molecule has 0 aliphatic rings. The van der Waals surface area contributed by atoms with Gasteiger partial charge in [0.25, 0.3) is 5.91 Å². The van der Waals surface area contributed by atoms with Gasteiger partial charge in [0.2, 0.25) is 0 Å². The fraction of sp³-hybridized carbons (Fsp3) is 0.200. The fourth-order valence-electron chi connectivity index (χ4n) is 3.71. The molecule has 170 valence electrons. The smallest absolute Gasteiger partial charge is 0.270 e. The van der Waals surface area contributed by atoms with Gasteiger partial charge in [-0.3, -0.25) is 9.20 Å². The molecule has 2 aromatic heterocycles. The number of carbonyl (C=O) groups excluding carboxylic acids is 1. The monoisotopic (exact) mass is 451 g/mol. The molecule has 33 heavy (non-hydrogen) atoms. The summed E-state index contributed by atoms with van der Waals surface area (Å²) >= 11 is 0. The number of rotatable bonds is 7. The Balaban J connectivity index is 1.63. The lowest BCUT2D eigenvalue weighted by molar-refractivity contribution is 0.0852. The van der Waals surface area contributed by atoms with Gasteiger partial charge in [0, 0.05) is 6.20 Å². The molecule has 0 fully saturated rings. The van der Waals surface area contributed by atoms with Gasteiger partial charge in [-0.15, -0.1) is 0 Å². The van der Waals surface area contributed by atoms with Gasteiger partial charge in [-0.25, -0.2) is 13.8 Å². The molecule has 8 heteroatoms. The Morgan fingerprint density at radius 2 is 1.79 bits per heavy atom. The van der Waals surface area contributed by atoms with Crippen molar-refractivity contribution in [2.45, 2.75) is 32.6 Å². The quantitative estimate of drug-likeness (QED) is 0.438. The SMILES string of the molecule is Cc1nc2c(OCc3c(F)cccc3F)cccn2c1C(=O)N[C@H](c1ccccc1)[C@@H](C)O. The molecular weight excluding hydrogens is 428 g/mol. The summed E-state index contributed by atoms with van der Waals surface area (Å²) in [4.78, 5) is 17.6. The minimum absolute atomic E-state index is 0.191. The van der Waals surface area contributed by atoms with Gasteiger partial charge in [-0.2, -0.15) is 0 Å². The van der Waals surface area contributed by atoms with Crippen molar-refractivity contribution in [3.05, 3.63) is 101 Å². The van der Waals surface area contributed by atoms with Crippen LogP contribution in [0.15, 0.2) is 66.9 Å². The summed E-state index contributed by atoms with van der Waals surface area (Å²) in [6.07, 6.45) is 0.825. The highest BCUT2D eigenvalue weighted by Gasteiger charge is 2.25. The summed E-state index contributed by atoms with van der Waals surface area (Å²) in [6, 6.07) is 15.4. The summed E-state index contributed by atoms with van der Waals surface area (Å²) in [6.45, 7) is 2.96. The van der Waals surface area contributed by atoms with E-state index in [1.807, 2.05) is 30.3 Å². The topological polar surface area (TPSA) is 75.9 Å². The third-order valence-corrected chi connectivity index (χ3v) is 5.36. The van der Waals surface area contributed by atoms with Crippen molar-refractivity contribution < 1.29 is 23.4 Å². The number of hydrogen-bond acceptors (Lipinski definition) is 4. The van der Waals surface area contributed by atoms with E-state index >= 15 is 0 Å². The van der Waals surface area contributed by atoms with Gasteiger partial charge in [0.15, 0.2) is 11.4 Å². The maximum atomic E-state index is 14.0. The standard InChI is InChI=1S/C25H23F2N3O3/c1-15-23(25(32)29-22(16(2)31)17-8-4-3-5-9-17)30-13-7-12-21(24(30)28-15)33-14-18-19(26)10-6-11-20(18)27/h3-13,16,22,31H,14H2,1-2H3,(H,29,32)/t16-,22+/m1/s1.